The lowest BCUT2D eigenvalue weighted by Crippen LogP contribution is -2.26. The van der Waals surface area contributed by atoms with E-state index in [2.05, 4.69) is 5.48 Å². The molecule has 0 radical (unpaired) electrons. The van der Waals surface area contributed by atoms with Gasteiger partial charge in [0.2, 0.25) is 0 Å². The number of nitrogens with one attached hydrogen (secondary N) is 1. The van der Waals surface area contributed by atoms with Crippen LogP contribution in [0, 0.1) is 11.7 Å². The lowest BCUT2D eigenvalue weighted by atomic mass is 9.83. The van der Waals surface area contributed by atoms with E-state index in [0.717, 1.165) is 46.7 Å². The van der Waals surface area contributed by atoms with Crippen LogP contribution >= 0.6 is 23.4 Å². The third-order valence-electron chi connectivity index (χ3n) is 5.95. The topological polar surface area (TPSA) is 50.7 Å². The monoisotopic (exact) mass is 480 g/mol. The summed E-state index contributed by atoms with van der Waals surface area (Å²) in [5, 5.41) is 0.518. The highest BCUT2D eigenvalue weighted by Gasteiger charge is 2.26. The van der Waals surface area contributed by atoms with Gasteiger partial charge in [0.05, 0.1) is 11.4 Å². The lowest BCUT2D eigenvalue weighted by Gasteiger charge is -2.24. The Labute approximate surface area is 201 Å². The normalized spacial score (nSPS) is 15.6. The summed E-state index contributed by atoms with van der Waals surface area (Å²) in [6, 6.07) is 17.1. The number of halogens is 2. The van der Waals surface area contributed by atoms with Crippen LogP contribution < -0.4 is 10.3 Å². The van der Waals surface area contributed by atoms with Crippen LogP contribution in [-0.2, 0) is 0 Å². The molecule has 1 aliphatic heterocycles. The molecule has 3 aromatic carbocycles. The third kappa shape index (κ3) is 4.92. The van der Waals surface area contributed by atoms with Gasteiger partial charge in [-0.25, -0.2) is 4.39 Å². The second-order valence-corrected chi connectivity index (χ2v) is 9.77. The van der Waals surface area contributed by atoms with Crippen LogP contribution in [0.3, 0.4) is 0 Å². The quantitative estimate of drug-likeness (QED) is 0.396. The van der Waals surface area contributed by atoms with E-state index in [4.69, 9.17) is 21.4 Å². The van der Waals surface area contributed by atoms with Crippen LogP contribution in [0.4, 0.5) is 10.1 Å². The first-order valence-corrected chi connectivity index (χ1v) is 12.2. The van der Waals surface area contributed by atoms with Gasteiger partial charge in [0.15, 0.2) is 5.75 Å². The molecule has 33 heavy (non-hydrogen) atoms. The Hall–Kier alpha value is -2.83. The van der Waals surface area contributed by atoms with Crippen molar-refractivity contribution in [2.24, 2.45) is 10.9 Å². The molecule has 0 atom stereocenters. The zero-order valence-electron chi connectivity index (χ0n) is 17.8. The van der Waals surface area contributed by atoms with Gasteiger partial charge < -0.3 is 4.84 Å². The number of carbonyl (C=O) groups is 1. The third-order valence-corrected chi connectivity index (χ3v) is 7.33. The summed E-state index contributed by atoms with van der Waals surface area (Å²) in [6.45, 7) is 0. The molecule has 4 nitrogen and oxygen atoms in total. The van der Waals surface area contributed by atoms with Crippen LogP contribution in [0.2, 0.25) is 5.02 Å². The van der Waals surface area contributed by atoms with E-state index in [1.807, 2.05) is 12.1 Å². The maximum absolute atomic E-state index is 14.2. The molecule has 1 N–H and O–H groups in total. The number of carbonyl (C=O) groups excluding carboxylic acids is 1. The molecule has 2 aliphatic rings. The molecule has 3 aromatic rings. The highest BCUT2D eigenvalue weighted by Crippen LogP contribution is 2.43. The molecule has 1 saturated carbocycles. The van der Waals surface area contributed by atoms with E-state index in [-0.39, 0.29) is 17.6 Å². The van der Waals surface area contributed by atoms with Gasteiger partial charge >= 0.3 is 0 Å². The van der Waals surface area contributed by atoms with Crippen LogP contribution in [0.15, 0.2) is 75.4 Å². The summed E-state index contributed by atoms with van der Waals surface area (Å²) in [5.41, 5.74) is 5.39. The van der Waals surface area contributed by atoms with E-state index >= 15 is 0 Å². The summed E-state index contributed by atoms with van der Waals surface area (Å²) in [7, 11) is 0. The van der Waals surface area contributed by atoms with Gasteiger partial charge in [-0.2, -0.15) is 5.48 Å². The number of aliphatic imine (C=N–C) groups is 1. The Bertz CT molecular complexity index is 1240. The molecular formula is C26H22ClFN2O2S. The molecule has 5 rings (SSSR count). The molecule has 1 fully saturated rings. The zero-order valence-corrected chi connectivity index (χ0v) is 19.4. The van der Waals surface area contributed by atoms with Crippen molar-refractivity contribution in [1.29, 1.82) is 0 Å². The van der Waals surface area contributed by atoms with Crippen molar-refractivity contribution in [1.82, 2.24) is 5.48 Å². The van der Waals surface area contributed by atoms with Crippen molar-refractivity contribution in [3.8, 4) is 5.75 Å². The summed E-state index contributed by atoms with van der Waals surface area (Å²) < 4.78 is 14.2. The Morgan fingerprint density at radius 2 is 1.85 bits per heavy atom. The van der Waals surface area contributed by atoms with E-state index in [1.165, 1.54) is 12.5 Å². The van der Waals surface area contributed by atoms with Crippen LogP contribution in [0.25, 0.3) is 0 Å². The largest absolute Gasteiger partial charge is 0.379 e. The van der Waals surface area contributed by atoms with Crippen LogP contribution in [0.1, 0.15) is 48.0 Å². The van der Waals surface area contributed by atoms with E-state index in [0.29, 0.717) is 22.0 Å². The molecule has 0 unspecified atom stereocenters. The molecule has 0 saturated heterocycles. The molecule has 1 amide bonds. The first-order valence-electron chi connectivity index (χ1n) is 11.0. The Kier molecular flexibility index (Phi) is 6.38. The first-order chi connectivity index (χ1) is 16.1. The second kappa shape index (κ2) is 9.57. The number of hydrogen-bond donors (Lipinski definition) is 1. The Morgan fingerprint density at radius 3 is 2.67 bits per heavy atom. The number of nitrogens with zero attached hydrogens (tertiary/aromatic N) is 1. The van der Waals surface area contributed by atoms with Crippen molar-refractivity contribution >= 4 is 40.7 Å². The van der Waals surface area contributed by atoms with Gasteiger partial charge in [-0.05, 0) is 61.4 Å². The number of fused-ring (bicyclic) bond motifs is 2. The highest BCUT2D eigenvalue weighted by molar-refractivity contribution is 7.99. The maximum Gasteiger partial charge on any atom is 0.283 e. The molecule has 7 heteroatoms. The van der Waals surface area contributed by atoms with Gasteiger partial charge in [-0.3, -0.25) is 9.79 Å². The predicted octanol–water partition coefficient (Wildman–Crippen LogP) is 7.37. The van der Waals surface area contributed by atoms with E-state index in [1.54, 1.807) is 54.2 Å². The minimum atomic E-state index is -0.384. The number of benzene rings is 3. The fourth-order valence-corrected chi connectivity index (χ4v) is 5.49. The zero-order chi connectivity index (χ0) is 22.8. The molecule has 1 heterocycles. The molecule has 1 aliphatic carbocycles. The number of rotatable bonds is 4. The first kappa shape index (κ1) is 22.0. The van der Waals surface area contributed by atoms with E-state index in [9.17, 15) is 9.18 Å². The molecule has 0 bridgehead atoms. The van der Waals surface area contributed by atoms with Gasteiger partial charge in [-0.1, -0.05) is 48.7 Å². The SMILES string of the molecule is O=C(NOc1cccc(Cl)c1)c1ccc2c(c1)N=C(C1CCCCC1)c1cc(F)ccc1S2. The van der Waals surface area contributed by atoms with Crippen molar-refractivity contribution in [3.05, 3.63) is 82.6 Å². The molecule has 0 aromatic heterocycles. The summed E-state index contributed by atoms with van der Waals surface area (Å²) in [5.74, 6) is 0.0813. The van der Waals surface area contributed by atoms with Crippen LogP contribution in [-0.4, -0.2) is 11.6 Å². The van der Waals surface area contributed by atoms with Crippen molar-refractivity contribution < 1.29 is 14.0 Å². The number of amides is 1. The predicted molar refractivity (Wildman–Crippen MR) is 129 cm³/mol. The maximum atomic E-state index is 14.2. The standard InChI is InChI=1S/C26H22ClFN2O2S/c27-18-7-4-8-20(14-18)32-30-26(31)17-9-11-24-22(13-17)29-25(16-5-2-1-3-6-16)21-15-19(28)10-12-23(21)33-24/h4,7-16H,1-3,5-6H2,(H,30,31). The van der Waals surface area contributed by atoms with Gasteiger partial charge in [0.25, 0.3) is 5.91 Å². The van der Waals surface area contributed by atoms with Gasteiger partial charge in [-0.15, -0.1) is 0 Å². The summed E-state index contributed by atoms with van der Waals surface area (Å²) >= 11 is 7.52. The molecule has 168 valence electrons. The van der Waals surface area contributed by atoms with Gasteiger partial charge in [0.1, 0.15) is 5.82 Å². The lowest BCUT2D eigenvalue weighted by molar-refractivity contribution is 0.0760. The minimum Gasteiger partial charge on any atom is -0.379 e. The Balaban J connectivity index is 1.46. The van der Waals surface area contributed by atoms with Crippen molar-refractivity contribution in [2.45, 2.75) is 41.9 Å². The fourth-order valence-electron chi connectivity index (χ4n) is 4.31. The van der Waals surface area contributed by atoms with Gasteiger partial charge in [0, 0.05) is 37.9 Å². The summed E-state index contributed by atoms with van der Waals surface area (Å²) in [6.07, 6.45) is 5.61. The van der Waals surface area contributed by atoms with Crippen LogP contribution in [0.5, 0.6) is 5.75 Å². The van der Waals surface area contributed by atoms with Crippen molar-refractivity contribution in [2.75, 3.05) is 0 Å². The smallest absolute Gasteiger partial charge is 0.283 e. The second-order valence-electron chi connectivity index (χ2n) is 8.25. The number of hydrogen-bond acceptors (Lipinski definition) is 4. The van der Waals surface area contributed by atoms with Crippen molar-refractivity contribution in [3.63, 3.8) is 0 Å². The number of hydroxylamine groups is 1. The summed E-state index contributed by atoms with van der Waals surface area (Å²) in [4.78, 5) is 25.1. The molecular weight excluding hydrogens is 459 g/mol. The highest BCUT2D eigenvalue weighted by atomic mass is 35.5. The average molecular weight is 481 g/mol. The average Bonchev–Trinajstić information content (AvgIpc) is 2.99. The Morgan fingerprint density at radius 1 is 1.03 bits per heavy atom. The van der Waals surface area contributed by atoms with E-state index < -0.39 is 0 Å². The molecule has 0 spiro atoms. The minimum absolute atomic E-state index is 0.262. The fraction of sp³-hybridized carbons (Fsp3) is 0.231.